The number of benzene rings is 2. The number of hydrogen-bond donors (Lipinski definition) is 1. The third-order valence-corrected chi connectivity index (χ3v) is 12.0. The lowest BCUT2D eigenvalue weighted by Gasteiger charge is -2.41. The number of nitrogens with one attached hydrogen (secondary N) is 1. The lowest BCUT2D eigenvalue weighted by atomic mass is 9.83. The first-order valence-corrected chi connectivity index (χ1v) is 16.7. The van der Waals surface area contributed by atoms with E-state index in [9.17, 15) is 35.4 Å². The van der Waals surface area contributed by atoms with Gasteiger partial charge in [0, 0.05) is 30.7 Å². The van der Waals surface area contributed by atoms with Crippen molar-refractivity contribution in [3.63, 3.8) is 0 Å². The number of carbonyl (C=O) groups excluding carboxylic acids is 2. The summed E-state index contributed by atoms with van der Waals surface area (Å²) in [5.41, 5.74) is 0.453. The summed E-state index contributed by atoms with van der Waals surface area (Å²) in [6.07, 6.45) is 1.94. The van der Waals surface area contributed by atoms with Gasteiger partial charge in [-0.3, -0.25) is 14.5 Å². The van der Waals surface area contributed by atoms with Crippen molar-refractivity contribution in [3.05, 3.63) is 70.5 Å². The van der Waals surface area contributed by atoms with Crippen molar-refractivity contribution >= 4 is 32.8 Å². The molecule has 2 amide bonds. The average molecular weight is 626 g/mol. The van der Waals surface area contributed by atoms with Crippen molar-refractivity contribution in [2.24, 2.45) is 5.92 Å². The van der Waals surface area contributed by atoms with E-state index in [4.69, 9.17) is 0 Å². The highest BCUT2D eigenvalue weighted by Crippen LogP contribution is 2.42. The molecule has 3 heterocycles. The largest absolute Gasteiger partial charge is 0.273 e. The standard InChI is InChI=1S/C29H34F3N3O5S2/c1-29(2,3)41(38)33-26(15-17-14-24(31)25(32)16-23(17)30)18-12-19-8-9-20(13-18)35(19)42(39,40)11-10-34-27(36)21-6-4-5-7-22(21)28(34)37/h4-7,14,16,18-20,26,33H,8-13,15H2,1-3H3/t18?,19-,20+,26-,41+/m1/s1. The van der Waals surface area contributed by atoms with Gasteiger partial charge in [-0.1, -0.05) is 12.1 Å². The molecule has 0 aliphatic carbocycles. The average Bonchev–Trinajstić information content (AvgIpc) is 3.34. The lowest BCUT2D eigenvalue weighted by molar-refractivity contribution is 0.0663. The molecule has 2 aromatic rings. The first-order chi connectivity index (χ1) is 19.7. The van der Waals surface area contributed by atoms with Crippen LogP contribution in [0.1, 0.15) is 72.7 Å². The third kappa shape index (κ3) is 5.93. The van der Waals surface area contributed by atoms with E-state index >= 15 is 0 Å². The number of fused-ring (bicyclic) bond motifs is 3. The topological polar surface area (TPSA) is 104 Å². The van der Waals surface area contributed by atoms with Gasteiger partial charge in [0.1, 0.15) is 5.82 Å². The molecule has 1 unspecified atom stereocenters. The summed E-state index contributed by atoms with van der Waals surface area (Å²) in [5.74, 6) is -5.04. The minimum atomic E-state index is -3.86. The minimum absolute atomic E-state index is 0.0541. The molecule has 3 aliphatic rings. The van der Waals surface area contributed by atoms with Crippen LogP contribution in [0.5, 0.6) is 0 Å². The van der Waals surface area contributed by atoms with Crippen LogP contribution in [-0.2, 0) is 27.4 Å². The Bertz CT molecular complexity index is 1500. The summed E-state index contributed by atoms with van der Waals surface area (Å²) >= 11 is 0. The predicted molar refractivity (Wildman–Crippen MR) is 152 cm³/mol. The van der Waals surface area contributed by atoms with Gasteiger partial charge < -0.3 is 0 Å². The first kappa shape index (κ1) is 30.8. The molecule has 0 saturated carbocycles. The Kier molecular flexibility index (Phi) is 8.42. The highest BCUT2D eigenvalue weighted by molar-refractivity contribution is 7.89. The quantitative estimate of drug-likeness (QED) is 0.336. The molecule has 8 nitrogen and oxygen atoms in total. The highest BCUT2D eigenvalue weighted by atomic mass is 32.2. The predicted octanol–water partition coefficient (Wildman–Crippen LogP) is 3.94. The fraction of sp³-hybridized carbons (Fsp3) is 0.517. The van der Waals surface area contributed by atoms with Crippen molar-refractivity contribution in [1.82, 2.24) is 13.9 Å². The van der Waals surface area contributed by atoms with Gasteiger partial charge in [0.05, 0.1) is 32.6 Å². The summed E-state index contributed by atoms with van der Waals surface area (Å²) < 4.78 is 86.3. The van der Waals surface area contributed by atoms with Crippen molar-refractivity contribution < 1.29 is 35.4 Å². The molecule has 2 bridgehead atoms. The normalized spacial score (nSPS) is 24.2. The van der Waals surface area contributed by atoms with Crippen LogP contribution in [-0.4, -0.2) is 68.8 Å². The smallest absolute Gasteiger partial charge is 0.261 e. The molecule has 1 N–H and O–H groups in total. The molecule has 0 spiro atoms. The number of carbonyl (C=O) groups is 2. The second kappa shape index (κ2) is 11.5. The van der Waals surface area contributed by atoms with Crippen molar-refractivity contribution in [2.75, 3.05) is 12.3 Å². The van der Waals surface area contributed by atoms with Crippen LogP contribution in [0.2, 0.25) is 0 Å². The molecule has 42 heavy (non-hydrogen) atoms. The minimum Gasteiger partial charge on any atom is -0.273 e. The molecule has 2 saturated heterocycles. The number of nitrogens with zero attached hydrogens (tertiary/aromatic N) is 2. The van der Waals surface area contributed by atoms with Gasteiger partial charge in [0.15, 0.2) is 11.6 Å². The molecular formula is C29H34F3N3O5S2. The van der Waals surface area contributed by atoms with Gasteiger partial charge in [0.2, 0.25) is 10.0 Å². The zero-order chi connectivity index (χ0) is 30.6. The first-order valence-electron chi connectivity index (χ1n) is 13.9. The fourth-order valence-corrected chi connectivity index (χ4v) is 9.11. The van der Waals surface area contributed by atoms with Crippen LogP contribution in [0.4, 0.5) is 13.2 Å². The summed E-state index contributed by atoms with van der Waals surface area (Å²) in [5, 5.41) is 0. The lowest BCUT2D eigenvalue weighted by Crippen LogP contribution is -2.53. The van der Waals surface area contributed by atoms with Gasteiger partial charge in [-0.25, -0.2) is 30.5 Å². The summed E-state index contributed by atoms with van der Waals surface area (Å²) in [6, 6.07) is 6.35. The van der Waals surface area contributed by atoms with Crippen LogP contribution in [0.15, 0.2) is 36.4 Å². The Balaban J connectivity index is 1.32. The van der Waals surface area contributed by atoms with E-state index < -0.39 is 66.8 Å². The molecule has 2 fully saturated rings. The maximum atomic E-state index is 14.6. The Morgan fingerprint density at radius 1 is 0.952 bits per heavy atom. The number of amides is 2. The van der Waals surface area contributed by atoms with E-state index in [2.05, 4.69) is 4.72 Å². The number of imide groups is 1. The molecule has 3 aliphatic heterocycles. The van der Waals surface area contributed by atoms with E-state index in [1.807, 2.05) is 0 Å². The molecule has 13 heteroatoms. The molecule has 228 valence electrons. The van der Waals surface area contributed by atoms with Crippen LogP contribution in [0.3, 0.4) is 0 Å². The van der Waals surface area contributed by atoms with Crippen molar-refractivity contribution in [3.8, 4) is 0 Å². The van der Waals surface area contributed by atoms with Gasteiger partial charge in [0.25, 0.3) is 11.8 Å². The van der Waals surface area contributed by atoms with E-state index in [1.54, 1.807) is 45.0 Å². The van der Waals surface area contributed by atoms with Crippen LogP contribution in [0.25, 0.3) is 0 Å². The number of piperidine rings is 1. The zero-order valence-corrected chi connectivity index (χ0v) is 25.2. The van der Waals surface area contributed by atoms with Gasteiger partial charge in [-0.05, 0) is 82.6 Å². The van der Waals surface area contributed by atoms with E-state index in [0.717, 1.165) is 11.0 Å². The molecular weight excluding hydrogens is 591 g/mol. The number of hydrogen-bond acceptors (Lipinski definition) is 5. The Morgan fingerprint density at radius 3 is 2.05 bits per heavy atom. The summed E-state index contributed by atoms with van der Waals surface area (Å²) in [4.78, 5) is 26.4. The van der Waals surface area contributed by atoms with Crippen LogP contribution >= 0.6 is 0 Å². The highest BCUT2D eigenvalue weighted by Gasteiger charge is 2.49. The SMILES string of the molecule is CC(C)(C)[S@](=O)N[C@H](Cc1cc(F)c(F)cc1F)C1C[C@H]2CC[C@@H](C1)N2S(=O)(=O)CCN1C(=O)c2ccccc2C1=O. The second-order valence-corrected chi connectivity index (χ2v) is 16.2. The number of rotatable bonds is 9. The number of sulfonamides is 1. The van der Waals surface area contributed by atoms with Gasteiger partial charge in [-0.15, -0.1) is 0 Å². The molecule has 5 atom stereocenters. The molecule has 0 radical (unpaired) electrons. The van der Waals surface area contributed by atoms with E-state index in [1.165, 1.54) is 4.31 Å². The van der Waals surface area contributed by atoms with Crippen molar-refractivity contribution in [1.29, 1.82) is 0 Å². The maximum Gasteiger partial charge on any atom is 0.261 e. The maximum absolute atomic E-state index is 14.6. The zero-order valence-electron chi connectivity index (χ0n) is 23.6. The van der Waals surface area contributed by atoms with Crippen LogP contribution < -0.4 is 4.72 Å². The Morgan fingerprint density at radius 2 is 1.50 bits per heavy atom. The third-order valence-electron chi connectivity index (χ3n) is 8.39. The molecule has 5 rings (SSSR count). The second-order valence-electron chi connectivity index (χ2n) is 12.2. The van der Waals surface area contributed by atoms with Crippen LogP contribution in [0, 0.1) is 23.4 Å². The van der Waals surface area contributed by atoms with E-state index in [0.29, 0.717) is 31.7 Å². The summed E-state index contributed by atoms with van der Waals surface area (Å²) in [6.45, 7) is 5.06. The van der Waals surface area contributed by atoms with Gasteiger partial charge in [-0.2, -0.15) is 4.31 Å². The van der Waals surface area contributed by atoms with Gasteiger partial charge >= 0.3 is 0 Å². The Hall–Kier alpha value is -2.61. The van der Waals surface area contributed by atoms with E-state index in [-0.39, 0.29) is 47.7 Å². The fourth-order valence-electron chi connectivity index (χ4n) is 6.29. The number of halogens is 3. The monoisotopic (exact) mass is 625 g/mol. The Labute approximate surface area is 246 Å². The molecule has 2 aromatic carbocycles. The summed E-state index contributed by atoms with van der Waals surface area (Å²) in [7, 11) is -5.41. The van der Waals surface area contributed by atoms with Crippen molar-refractivity contribution in [2.45, 2.75) is 75.7 Å². The molecule has 0 aromatic heterocycles.